The minimum Gasteiger partial charge on any atom is -0.462 e. The molecule has 0 aromatic heterocycles. The Hall–Kier alpha value is -1.15. The van der Waals surface area contributed by atoms with Gasteiger partial charge >= 0.3 is 19.8 Å². The standard InChI is InChI=1S/C41H79O13P/c1-3-5-7-9-11-13-15-17-19-21-23-25-27-29-34(42)51-31-33(32-52-55(49,50)54-41-39(47)37(45)36(44)38(46)40(41)48)53-35(43)30-28-26-24-22-20-18-16-14-12-10-8-6-4-2/h33,36-41,44-48H,3-32H2,1-2H3,(H,49,50). The van der Waals surface area contributed by atoms with Crippen molar-refractivity contribution >= 4 is 19.8 Å². The van der Waals surface area contributed by atoms with Gasteiger partial charge in [-0.3, -0.25) is 18.6 Å². The molecular formula is C41H79O13P. The third kappa shape index (κ3) is 25.7. The molecule has 0 radical (unpaired) electrons. The van der Waals surface area contributed by atoms with Crippen molar-refractivity contribution in [1.29, 1.82) is 0 Å². The van der Waals surface area contributed by atoms with Crippen LogP contribution in [0.4, 0.5) is 0 Å². The van der Waals surface area contributed by atoms with Crippen LogP contribution in [0.2, 0.25) is 0 Å². The number of rotatable bonds is 36. The van der Waals surface area contributed by atoms with Gasteiger partial charge in [-0.15, -0.1) is 0 Å². The minimum atomic E-state index is -5.10. The lowest BCUT2D eigenvalue weighted by molar-refractivity contribution is -0.220. The first kappa shape index (κ1) is 51.9. The van der Waals surface area contributed by atoms with Crippen LogP contribution in [0.3, 0.4) is 0 Å². The van der Waals surface area contributed by atoms with E-state index in [1.807, 2.05) is 0 Å². The fourth-order valence-corrected chi connectivity index (χ4v) is 7.85. The highest BCUT2D eigenvalue weighted by molar-refractivity contribution is 7.47. The molecule has 1 rings (SSSR count). The van der Waals surface area contributed by atoms with Gasteiger partial charge < -0.3 is 39.9 Å². The van der Waals surface area contributed by atoms with Crippen LogP contribution in [0.5, 0.6) is 0 Å². The molecule has 0 bridgehead atoms. The van der Waals surface area contributed by atoms with E-state index in [1.54, 1.807) is 0 Å². The summed E-state index contributed by atoms with van der Waals surface area (Å²) in [6, 6.07) is 0. The Kier molecular flexibility index (Phi) is 30.9. The molecule has 6 atom stereocenters. The van der Waals surface area contributed by atoms with E-state index in [2.05, 4.69) is 13.8 Å². The van der Waals surface area contributed by atoms with Gasteiger partial charge in [-0.1, -0.05) is 168 Å². The molecule has 1 fully saturated rings. The molecule has 0 aliphatic heterocycles. The van der Waals surface area contributed by atoms with Crippen molar-refractivity contribution in [2.24, 2.45) is 0 Å². The smallest absolute Gasteiger partial charge is 0.462 e. The summed E-state index contributed by atoms with van der Waals surface area (Å²) >= 11 is 0. The van der Waals surface area contributed by atoms with Gasteiger partial charge in [0.15, 0.2) is 6.10 Å². The Bertz CT molecular complexity index is 985. The lowest BCUT2D eigenvalue weighted by Crippen LogP contribution is -2.64. The summed E-state index contributed by atoms with van der Waals surface area (Å²) in [5.41, 5.74) is 0. The van der Waals surface area contributed by atoms with Gasteiger partial charge in [0.2, 0.25) is 0 Å². The van der Waals surface area contributed by atoms with Crippen LogP contribution in [0.15, 0.2) is 0 Å². The highest BCUT2D eigenvalue weighted by Gasteiger charge is 2.51. The first-order chi connectivity index (χ1) is 26.4. The third-order valence-corrected chi connectivity index (χ3v) is 11.4. The average Bonchev–Trinajstić information content (AvgIpc) is 3.16. The summed E-state index contributed by atoms with van der Waals surface area (Å²) in [4.78, 5) is 35.6. The number of aliphatic hydroxyl groups is 5. The molecule has 0 aromatic rings. The molecule has 13 nitrogen and oxygen atoms in total. The third-order valence-electron chi connectivity index (χ3n) is 10.4. The Morgan fingerprint density at radius 2 is 0.818 bits per heavy atom. The summed E-state index contributed by atoms with van der Waals surface area (Å²) in [7, 11) is -5.10. The van der Waals surface area contributed by atoms with E-state index in [0.717, 1.165) is 38.5 Å². The Balaban J connectivity index is 2.48. The molecule has 55 heavy (non-hydrogen) atoms. The molecule has 6 N–H and O–H groups in total. The van der Waals surface area contributed by atoms with Crippen LogP contribution in [-0.4, -0.2) is 98.3 Å². The fourth-order valence-electron chi connectivity index (χ4n) is 6.88. The Morgan fingerprint density at radius 1 is 0.491 bits per heavy atom. The van der Waals surface area contributed by atoms with E-state index < -0.39 is 75.7 Å². The number of phosphoric acid groups is 1. The van der Waals surface area contributed by atoms with Crippen molar-refractivity contribution in [3.05, 3.63) is 0 Å². The monoisotopic (exact) mass is 811 g/mol. The summed E-state index contributed by atoms with van der Waals surface area (Å²) in [6.45, 7) is 3.29. The number of ether oxygens (including phenoxy) is 2. The lowest BCUT2D eigenvalue weighted by atomic mass is 9.85. The van der Waals surface area contributed by atoms with Gasteiger partial charge in [0.05, 0.1) is 6.61 Å². The number of carbonyl (C=O) groups excluding carboxylic acids is 2. The zero-order valence-electron chi connectivity index (χ0n) is 34.2. The van der Waals surface area contributed by atoms with E-state index in [-0.39, 0.29) is 12.8 Å². The quantitative estimate of drug-likeness (QED) is 0.0204. The highest BCUT2D eigenvalue weighted by atomic mass is 31.2. The summed E-state index contributed by atoms with van der Waals surface area (Å²) in [6.07, 6.45) is 17.3. The summed E-state index contributed by atoms with van der Waals surface area (Å²) in [5.74, 6) is -1.09. The Morgan fingerprint density at radius 3 is 1.20 bits per heavy atom. The topological polar surface area (TPSA) is 210 Å². The van der Waals surface area contributed by atoms with Crippen LogP contribution in [-0.2, 0) is 32.7 Å². The zero-order valence-corrected chi connectivity index (χ0v) is 35.1. The van der Waals surface area contributed by atoms with Crippen LogP contribution in [0.1, 0.15) is 194 Å². The van der Waals surface area contributed by atoms with Crippen molar-refractivity contribution in [3.63, 3.8) is 0 Å². The first-order valence-corrected chi connectivity index (χ1v) is 23.3. The van der Waals surface area contributed by atoms with Crippen molar-refractivity contribution in [1.82, 2.24) is 0 Å². The van der Waals surface area contributed by atoms with Crippen LogP contribution in [0.25, 0.3) is 0 Å². The molecule has 1 aliphatic rings. The lowest BCUT2D eigenvalue weighted by Gasteiger charge is -2.41. The van der Waals surface area contributed by atoms with Gasteiger partial charge in [0, 0.05) is 12.8 Å². The number of hydrogen-bond acceptors (Lipinski definition) is 12. The van der Waals surface area contributed by atoms with E-state index in [0.29, 0.717) is 12.8 Å². The molecule has 0 heterocycles. The maximum atomic E-state index is 12.8. The first-order valence-electron chi connectivity index (χ1n) is 21.8. The van der Waals surface area contributed by atoms with Gasteiger partial charge in [0.1, 0.15) is 43.2 Å². The maximum absolute atomic E-state index is 12.8. The summed E-state index contributed by atoms with van der Waals surface area (Å²) < 4.78 is 33.4. The van der Waals surface area contributed by atoms with E-state index in [9.17, 15) is 44.6 Å². The van der Waals surface area contributed by atoms with Crippen molar-refractivity contribution in [2.45, 2.75) is 236 Å². The number of unbranched alkanes of at least 4 members (excludes halogenated alkanes) is 24. The molecule has 0 amide bonds. The summed E-state index contributed by atoms with van der Waals surface area (Å²) in [5, 5.41) is 50.0. The number of phosphoric ester groups is 1. The molecule has 1 aliphatic carbocycles. The largest absolute Gasteiger partial charge is 0.472 e. The molecule has 6 unspecified atom stereocenters. The SMILES string of the molecule is CCCCCCCCCCCCCCCC(=O)OCC(COP(=O)(O)OC1C(O)C(O)C(O)C(O)C1O)OC(=O)CCCCCCCCCCCCCCC. The van der Waals surface area contributed by atoms with Gasteiger partial charge in [0.25, 0.3) is 0 Å². The van der Waals surface area contributed by atoms with Crippen LogP contribution < -0.4 is 0 Å². The van der Waals surface area contributed by atoms with E-state index in [1.165, 1.54) is 116 Å². The second kappa shape index (κ2) is 32.8. The van der Waals surface area contributed by atoms with Gasteiger partial charge in [-0.2, -0.15) is 0 Å². The number of carbonyl (C=O) groups is 2. The second-order valence-electron chi connectivity index (χ2n) is 15.6. The molecule has 0 spiro atoms. The molecule has 1 saturated carbocycles. The molecular weight excluding hydrogens is 731 g/mol. The van der Waals surface area contributed by atoms with Gasteiger partial charge in [-0.05, 0) is 12.8 Å². The van der Waals surface area contributed by atoms with Crippen molar-refractivity contribution in [2.75, 3.05) is 13.2 Å². The molecule has 0 saturated heterocycles. The normalized spacial score (nSPS) is 23.0. The zero-order chi connectivity index (χ0) is 40.7. The fraction of sp³-hybridized carbons (Fsp3) is 0.951. The average molecular weight is 811 g/mol. The van der Waals surface area contributed by atoms with Crippen LogP contribution >= 0.6 is 7.82 Å². The van der Waals surface area contributed by atoms with E-state index >= 15 is 0 Å². The number of aliphatic hydroxyl groups excluding tert-OH is 5. The van der Waals surface area contributed by atoms with E-state index in [4.69, 9.17) is 18.5 Å². The number of hydrogen-bond donors (Lipinski definition) is 6. The molecule has 14 heteroatoms. The predicted octanol–water partition coefficient (Wildman–Crippen LogP) is 7.72. The van der Waals surface area contributed by atoms with Crippen LogP contribution in [0, 0.1) is 0 Å². The molecule has 0 aromatic carbocycles. The van der Waals surface area contributed by atoms with Crippen molar-refractivity contribution in [3.8, 4) is 0 Å². The predicted molar refractivity (Wildman–Crippen MR) is 212 cm³/mol. The second-order valence-corrected chi connectivity index (χ2v) is 17.0. The van der Waals surface area contributed by atoms with Gasteiger partial charge in [-0.25, -0.2) is 4.57 Å². The molecule has 326 valence electrons. The Labute approximate surface area is 331 Å². The highest BCUT2D eigenvalue weighted by Crippen LogP contribution is 2.47. The number of esters is 2. The van der Waals surface area contributed by atoms with Crippen molar-refractivity contribution < 1.29 is 63.1 Å². The minimum absolute atomic E-state index is 0.104. The maximum Gasteiger partial charge on any atom is 0.472 e.